The molecule has 3 aromatic rings. The Kier molecular flexibility index (Phi) is 3.30. The Morgan fingerprint density at radius 2 is 2.00 bits per heavy atom. The van der Waals surface area contributed by atoms with Gasteiger partial charge in [0.2, 0.25) is 0 Å². The van der Waals surface area contributed by atoms with Crippen LogP contribution in [0.2, 0.25) is 0 Å². The number of hydrogen-bond donors (Lipinski definition) is 0. The predicted octanol–water partition coefficient (Wildman–Crippen LogP) is 2.78. The van der Waals surface area contributed by atoms with Crippen molar-refractivity contribution in [3.05, 3.63) is 53.7 Å². The zero-order valence-electron chi connectivity index (χ0n) is 10.7. The molecule has 0 bridgehead atoms. The van der Waals surface area contributed by atoms with Gasteiger partial charge in [-0.25, -0.2) is 9.48 Å². The molecule has 0 spiro atoms. The van der Waals surface area contributed by atoms with Crippen LogP contribution in [0.5, 0.6) is 0 Å². The first kappa shape index (κ1) is 12.6. The lowest BCUT2D eigenvalue weighted by Gasteiger charge is -2.03. The number of nitrogens with zero attached hydrogens (tertiary/aromatic N) is 3. The Morgan fingerprint density at radius 3 is 2.65 bits per heavy atom. The molecule has 100 valence electrons. The quantitative estimate of drug-likeness (QED) is 0.694. The highest BCUT2D eigenvalue weighted by atomic mass is 32.1. The van der Waals surface area contributed by atoms with Crippen LogP contribution in [0.15, 0.2) is 47.8 Å². The average molecular weight is 285 g/mol. The molecule has 0 amide bonds. The number of aromatic nitrogens is 3. The van der Waals surface area contributed by atoms with Gasteiger partial charge in [-0.15, -0.1) is 16.4 Å². The summed E-state index contributed by atoms with van der Waals surface area (Å²) in [5.41, 5.74) is 0.846. The summed E-state index contributed by atoms with van der Waals surface area (Å²) >= 11 is 1.54. The first-order valence-electron chi connectivity index (χ1n) is 5.94. The topological polar surface area (TPSA) is 57.0 Å². The Hall–Kier alpha value is -2.47. The van der Waals surface area contributed by atoms with Crippen LogP contribution in [-0.4, -0.2) is 27.8 Å². The van der Waals surface area contributed by atoms with E-state index in [0.717, 1.165) is 10.6 Å². The van der Waals surface area contributed by atoms with Crippen LogP contribution in [0, 0.1) is 0 Å². The van der Waals surface area contributed by atoms with Gasteiger partial charge in [0.25, 0.3) is 5.82 Å². The number of hydrogen-bond acceptors (Lipinski definition) is 5. The van der Waals surface area contributed by atoms with Gasteiger partial charge in [-0.2, -0.15) is 4.98 Å². The Morgan fingerprint density at radius 1 is 1.20 bits per heavy atom. The van der Waals surface area contributed by atoms with Crippen molar-refractivity contribution >= 4 is 17.3 Å². The molecule has 2 heterocycles. The molecule has 2 aromatic heterocycles. The van der Waals surface area contributed by atoms with Gasteiger partial charge in [0.05, 0.1) is 17.7 Å². The van der Waals surface area contributed by atoms with Crippen molar-refractivity contribution in [1.82, 2.24) is 14.8 Å². The lowest BCUT2D eigenvalue weighted by molar-refractivity contribution is 0.0587. The summed E-state index contributed by atoms with van der Waals surface area (Å²) in [4.78, 5) is 16.9. The lowest BCUT2D eigenvalue weighted by Crippen LogP contribution is -2.05. The second kappa shape index (κ2) is 5.26. The normalized spacial score (nSPS) is 10.4. The minimum Gasteiger partial charge on any atom is -0.463 e. The van der Waals surface area contributed by atoms with E-state index in [0.29, 0.717) is 5.82 Å². The molecule has 0 N–H and O–H groups in total. The molecule has 0 aliphatic heterocycles. The summed E-state index contributed by atoms with van der Waals surface area (Å²) in [5.74, 6) is 0.142. The number of benzene rings is 1. The first-order chi connectivity index (χ1) is 9.79. The number of para-hydroxylation sites is 1. The predicted molar refractivity (Wildman–Crippen MR) is 76.0 cm³/mol. The van der Waals surface area contributed by atoms with Crippen molar-refractivity contribution in [1.29, 1.82) is 0 Å². The van der Waals surface area contributed by atoms with Crippen molar-refractivity contribution in [3.8, 4) is 16.4 Å². The van der Waals surface area contributed by atoms with Gasteiger partial charge in [0.15, 0.2) is 5.82 Å². The van der Waals surface area contributed by atoms with Crippen LogP contribution in [0.1, 0.15) is 10.6 Å². The average Bonchev–Trinajstić information content (AvgIpc) is 3.16. The fraction of sp³-hybridized carbons (Fsp3) is 0.0714. The highest BCUT2D eigenvalue weighted by molar-refractivity contribution is 7.13. The van der Waals surface area contributed by atoms with Crippen molar-refractivity contribution < 1.29 is 9.53 Å². The maximum Gasteiger partial charge on any atom is 0.377 e. The van der Waals surface area contributed by atoms with E-state index in [1.54, 1.807) is 16.0 Å². The van der Waals surface area contributed by atoms with Gasteiger partial charge in [0, 0.05) is 0 Å². The minimum atomic E-state index is -0.544. The van der Waals surface area contributed by atoms with Gasteiger partial charge in [-0.3, -0.25) is 0 Å². The molecule has 5 nitrogen and oxygen atoms in total. The van der Waals surface area contributed by atoms with E-state index in [1.807, 2.05) is 47.8 Å². The highest BCUT2D eigenvalue weighted by Gasteiger charge is 2.19. The number of ether oxygens (including phenoxy) is 1. The molecular weight excluding hydrogens is 274 g/mol. The number of carbonyl (C=O) groups excluding carboxylic acids is 1. The maximum absolute atomic E-state index is 11.6. The zero-order valence-corrected chi connectivity index (χ0v) is 11.5. The van der Waals surface area contributed by atoms with E-state index in [9.17, 15) is 4.79 Å². The van der Waals surface area contributed by atoms with Crippen molar-refractivity contribution in [2.45, 2.75) is 0 Å². The minimum absolute atomic E-state index is 0.0553. The molecule has 0 atom stereocenters. The summed E-state index contributed by atoms with van der Waals surface area (Å²) in [6.45, 7) is 0. The van der Waals surface area contributed by atoms with E-state index in [4.69, 9.17) is 0 Å². The molecule has 20 heavy (non-hydrogen) atoms. The molecular formula is C14H11N3O2S. The van der Waals surface area contributed by atoms with Crippen LogP contribution in [0.3, 0.4) is 0 Å². The molecule has 0 aliphatic rings. The molecule has 1 aromatic carbocycles. The van der Waals surface area contributed by atoms with Gasteiger partial charge in [-0.05, 0) is 23.6 Å². The number of carbonyl (C=O) groups is 1. The molecule has 0 aliphatic carbocycles. The summed E-state index contributed by atoms with van der Waals surface area (Å²) in [6.07, 6.45) is 0. The number of thiophene rings is 1. The lowest BCUT2D eigenvalue weighted by atomic mass is 10.3. The summed E-state index contributed by atoms with van der Waals surface area (Å²) < 4.78 is 6.33. The third kappa shape index (κ3) is 2.21. The Labute approximate surface area is 119 Å². The smallest absolute Gasteiger partial charge is 0.377 e. The van der Waals surface area contributed by atoms with E-state index >= 15 is 0 Å². The third-order valence-corrected chi connectivity index (χ3v) is 3.58. The number of esters is 1. The molecule has 3 rings (SSSR count). The first-order valence-corrected chi connectivity index (χ1v) is 6.82. The summed E-state index contributed by atoms with van der Waals surface area (Å²) in [5, 5.41) is 6.20. The number of methoxy groups -OCH3 is 1. The van der Waals surface area contributed by atoms with Crippen LogP contribution in [0.25, 0.3) is 16.4 Å². The second-order valence-electron chi connectivity index (χ2n) is 3.98. The fourth-order valence-electron chi connectivity index (χ4n) is 1.80. The molecule has 0 radical (unpaired) electrons. The third-order valence-electron chi connectivity index (χ3n) is 2.72. The Bertz CT molecular complexity index is 720. The molecule has 6 heteroatoms. The molecule has 0 fully saturated rings. The monoisotopic (exact) mass is 285 g/mol. The largest absolute Gasteiger partial charge is 0.463 e. The molecule has 0 saturated heterocycles. The Balaban J connectivity index is 2.17. The van der Waals surface area contributed by atoms with Gasteiger partial charge in [-0.1, -0.05) is 24.3 Å². The maximum atomic E-state index is 11.6. The molecule has 0 unspecified atom stereocenters. The summed E-state index contributed by atoms with van der Waals surface area (Å²) in [7, 11) is 1.32. The van der Waals surface area contributed by atoms with Crippen LogP contribution >= 0.6 is 11.3 Å². The zero-order chi connectivity index (χ0) is 13.9. The van der Waals surface area contributed by atoms with Crippen molar-refractivity contribution in [2.24, 2.45) is 0 Å². The van der Waals surface area contributed by atoms with E-state index < -0.39 is 5.97 Å². The second-order valence-corrected chi connectivity index (χ2v) is 4.92. The number of rotatable bonds is 3. The SMILES string of the molecule is COC(=O)c1nc(-c2cccs2)n(-c2ccccc2)n1. The molecule has 0 saturated carbocycles. The van der Waals surface area contributed by atoms with E-state index in [-0.39, 0.29) is 5.82 Å². The fourth-order valence-corrected chi connectivity index (χ4v) is 2.50. The van der Waals surface area contributed by atoms with Crippen molar-refractivity contribution in [3.63, 3.8) is 0 Å². The van der Waals surface area contributed by atoms with Crippen LogP contribution < -0.4 is 0 Å². The van der Waals surface area contributed by atoms with E-state index in [1.165, 1.54) is 7.11 Å². The van der Waals surface area contributed by atoms with E-state index in [2.05, 4.69) is 14.8 Å². The van der Waals surface area contributed by atoms with Gasteiger partial charge >= 0.3 is 5.97 Å². The van der Waals surface area contributed by atoms with Crippen LogP contribution in [0.4, 0.5) is 0 Å². The van der Waals surface area contributed by atoms with Gasteiger partial charge < -0.3 is 4.74 Å². The summed E-state index contributed by atoms with van der Waals surface area (Å²) in [6, 6.07) is 13.4. The highest BCUT2D eigenvalue weighted by Crippen LogP contribution is 2.25. The van der Waals surface area contributed by atoms with Crippen molar-refractivity contribution in [2.75, 3.05) is 7.11 Å². The van der Waals surface area contributed by atoms with Crippen LogP contribution in [-0.2, 0) is 4.74 Å². The van der Waals surface area contributed by atoms with Gasteiger partial charge in [0.1, 0.15) is 0 Å². The standard InChI is InChI=1S/C14H11N3O2S/c1-19-14(18)12-15-13(11-8-5-9-20-11)17(16-12)10-6-3-2-4-7-10/h2-9H,1H3.